The van der Waals surface area contributed by atoms with E-state index in [0.717, 1.165) is 9.26 Å². The van der Waals surface area contributed by atoms with Gasteiger partial charge in [-0.2, -0.15) is 0 Å². The Labute approximate surface area is 144 Å². The molecule has 0 aliphatic heterocycles. The third-order valence-corrected chi connectivity index (χ3v) is 3.35. The fourth-order valence-electron chi connectivity index (χ4n) is 1.60. The van der Waals surface area contributed by atoms with Gasteiger partial charge in [0.15, 0.2) is 5.11 Å². The average molecular weight is 438 g/mol. The van der Waals surface area contributed by atoms with Gasteiger partial charge >= 0.3 is 6.36 Å². The molecule has 0 atom stereocenters. The number of alkyl halides is 3. The summed E-state index contributed by atoms with van der Waals surface area (Å²) in [6.45, 7) is 0. The largest absolute Gasteiger partial charge is 0.573 e. The molecule has 0 radical (unpaired) electrons. The molecule has 0 spiro atoms. The predicted octanol–water partition coefficient (Wildman–Crippen LogP) is 5.00. The zero-order chi connectivity index (χ0) is 16.2. The van der Waals surface area contributed by atoms with Crippen LogP contribution in [0.25, 0.3) is 0 Å². The number of thiocarbonyl (C=S) groups is 1. The lowest BCUT2D eigenvalue weighted by atomic mass is 10.3. The number of hydrogen-bond acceptors (Lipinski definition) is 2. The molecule has 116 valence electrons. The second-order valence-electron chi connectivity index (χ2n) is 4.16. The van der Waals surface area contributed by atoms with Crippen molar-refractivity contribution < 1.29 is 17.9 Å². The summed E-state index contributed by atoms with van der Waals surface area (Å²) in [5, 5.41) is 6.01. The first-order valence-corrected chi connectivity index (χ1v) is 7.50. The van der Waals surface area contributed by atoms with Crippen molar-refractivity contribution in [2.75, 3.05) is 10.6 Å². The molecule has 0 saturated carbocycles. The Bertz CT molecular complexity index is 662. The Hall–Kier alpha value is -1.55. The van der Waals surface area contributed by atoms with Crippen LogP contribution >= 0.6 is 34.8 Å². The summed E-state index contributed by atoms with van der Waals surface area (Å²) in [6, 6.07) is 13.0. The topological polar surface area (TPSA) is 33.3 Å². The summed E-state index contributed by atoms with van der Waals surface area (Å²) >= 11 is 7.30. The van der Waals surface area contributed by atoms with Gasteiger partial charge in [-0.05, 0) is 71.2 Å². The van der Waals surface area contributed by atoms with Gasteiger partial charge in [-0.1, -0.05) is 6.07 Å². The van der Waals surface area contributed by atoms with Crippen LogP contribution in [0.1, 0.15) is 0 Å². The first-order chi connectivity index (χ1) is 10.3. The minimum Gasteiger partial charge on any atom is -0.406 e. The number of hydrogen-bond donors (Lipinski definition) is 2. The first-order valence-electron chi connectivity index (χ1n) is 6.01. The smallest absolute Gasteiger partial charge is 0.406 e. The fourth-order valence-corrected chi connectivity index (χ4v) is 2.19. The number of ether oxygens (including phenoxy) is 1. The summed E-state index contributed by atoms with van der Waals surface area (Å²) in [4.78, 5) is 0. The van der Waals surface area contributed by atoms with Gasteiger partial charge in [0.1, 0.15) is 5.75 Å². The predicted molar refractivity (Wildman–Crippen MR) is 92.1 cm³/mol. The van der Waals surface area contributed by atoms with E-state index in [-0.39, 0.29) is 10.9 Å². The first kappa shape index (κ1) is 16.8. The molecule has 2 rings (SSSR count). The number of halogens is 4. The molecule has 8 heteroatoms. The van der Waals surface area contributed by atoms with E-state index in [9.17, 15) is 13.2 Å². The molecular formula is C14H10F3IN2OS. The van der Waals surface area contributed by atoms with Gasteiger partial charge in [-0.25, -0.2) is 0 Å². The summed E-state index contributed by atoms with van der Waals surface area (Å²) in [6.07, 6.45) is -4.72. The zero-order valence-corrected chi connectivity index (χ0v) is 13.9. The molecule has 0 fully saturated rings. The summed E-state index contributed by atoms with van der Waals surface area (Å²) in [5.74, 6) is -0.311. The summed E-state index contributed by atoms with van der Waals surface area (Å²) < 4.78 is 41.5. The molecule has 0 unspecified atom stereocenters. The highest BCUT2D eigenvalue weighted by Gasteiger charge is 2.31. The molecule has 0 saturated heterocycles. The van der Waals surface area contributed by atoms with E-state index < -0.39 is 6.36 Å². The van der Waals surface area contributed by atoms with Crippen LogP contribution < -0.4 is 15.4 Å². The molecule has 2 aromatic carbocycles. The fraction of sp³-hybridized carbons (Fsp3) is 0.0714. The lowest BCUT2D eigenvalue weighted by Gasteiger charge is -2.13. The molecule has 2 aromatic rings. The second kappa shape index (κ2) is 7.14. The number of rotatable bonds is 3. The van der Waals surface area contributed by atoms with E-state index in [2.05, 4.69) is 38.0 Å². The lowest BCUT2D eigenvalue weighted by Crippen LogP contribution is -2.20. The summed E-state index contributed by atoms with van der Waals surface area (Å²) in [5.41, 5.74) is 1.17. The van der Waals surface area contributed by atoms with Crippen molar-refractivity contribution in [3.63, 3.8) is 0 Å². The maximum atomic E-state index is 12.2. The van der Waals surface area contributed by atoms with E-state index in [1.54, 1.807) is 6.07 Å². The van der Waals surface area contributed by atoms with Gasteiger partial charge in [-0.15, -0.1) is 13.2 Å². The van der Waals surface area contributed by atoms with E-state index in [1.165, 1.54) is 18.2 Å². The van der Waals surface area contributed by atoms with Gasteiger partial charge in [0, 0.05) is 21.0 Å². The van der Waals surface area contributed by atoms with Crippen LogP contribution in [0.4, 0.5) is 24.5 Å². The van der Waals surface area contributed by atoms with Crippen molar-refractivity contribution in [3.8, 4) is 5.75 Å². The van der Waals surface area contributed by atoms with Crippen LogP contribution in [0.5, 0.6) is 5.75 Å². The molecule has 0 bridgehead atoms. The van der Waals surface area contributed by atoms with Crippen LogP contribution in [0.2, 0.25) is 0 Å². The second-order valence-corrected chi connectivity index (χ2v) is 5.82. The summed E-state index contributed by atoms with van der Waals surface area (Å²) in [7, 11) is 0. The monoisotopic (exact) mass is 438 g/mol. The van der Waals surface area contributed by atoms with Crippen LogP contribution in [-0.2, 0) is 0 Å². The van der Waals surface area contributed by atoms with E-state index in [4.69, 9.17) is 12.2 Å². The lowest BCUT2D eigenvalue weighted by molar-refractivity contribution is -0.274. The molecule has 0 amide bonds. The van der Waals surface area contributed by atoms with Crippen LogP contribution in [-0.4, -0.2) is 11.5 Å². The molecule has 0 aromatic heterocycles. The quantitative estimate of drug-likeness (QED) is 0.522. The Morgan fingerprint density at radius 3 is 2.27 bits per heavy atom. The zero-order valence-electron chi connectivity index (χ0n) is 10.9. The molecule has 3 nitrogen and oxygen atoms in total. The van der Waals surface area contributed by atoms with Crippen LogP contribution in [0.15, 0.2) is 48.5 Å². The Kier molecular flexibility index (Phi) is 5.46. The van der Waals surface area contributed by atoms with E-state index >= 15 is 0 Å². The van der Waals surface area contributed by atoms with Crippen molar-refractivity contribution >= 4 is 51.3 Å². The van der Waals surface area contributed by atoms with Crippen molar-refractivity contribution in [1.82, 2.24) is 0 Å². The maximum absolute atomic E-state index is 12.2. The Balaban J connectivity index is 1.99. The van der Waals surface area contributed by atoms with Crippen molar-refractivity contribution in [3.05, 3.63) is 52.1 Å². The molecule has 0 heterocycles. The number of benzene rings is 2. The van der Waals surface area contributed by atoms with Gasteiger partial charge in [-0.3, -0.25) is 0 Å². The SMILES string of the molecule is FC(F)(F)Oc1cccc(NC(=S)Nc2ccc(I)cc2)c1. The van der Waals surface area contributed by atoms with Gasteiger partial charge < -0.3 is 15.4 Å². The number of nitrogens with one attached hydrogen (secondary N) is 2. The van der Waals surface area contributed by atoms with E-state index in [1.807, 2.05) is 24.3 Å². The van der Waals surface area contributed by atoms with Crippen molar-refractivity contribution in [2.24, 2.45) is 0 Å². The standard InChI is InChI=1S/C14H10F3IN2OS/c15-14(16,17)21-12-3-1-2-11(8-12)20-13(22)19-10-6-4-9(18)5-7-10/h1-8H,(H2,19,20,22). The maximum Gasteiger partial charge on any atom is 0.573 e. The molecular weight excluding hydrogens is 428 g/mol. The minimum atomic E-state index is -4.72. The third-order valence-electron chi connectivity index (χ3n) is 2.43. The van der Waals surface area contributed by atoms with Crippen molar-refractivity contribution in [2.45, 2.75) is 6.36 Å². The molecule has 0 aliphatic carbocycles. The normalized spacial score (nSPS) is 10.9. The number of anilines is 2. The highest BCUT2D eigenvalue weighted by molar-refractivity contribution is 14.1. The van der Waals surface area contributed by atoms with Crippen molar-refractivity contribution in [1.29, 1.82) is 0 Å². The van der Waals surface area contributed by atoms with Gasteiger partial charge in [0.25, 0.3) is 0 Å². The Morgan fingerprint density at radius 1 is 1.00 bits per heavy atom. The van der Waals surface area contributed by atoms with Gasteiger partial charge in [0.2, 0.25) is 0 Å². The van der Waals surface area contributed by atoms with E-state index in [0.29, 0.717) is 5.69 Å². The highest BCUT2D eigenvalue weighted by Crippen LogP contribution is 2.25. The van der Waals surface area contributed by atoms with Gasteiger partial charge in [0.05, 0.1) is 0 Å². The molecule has 2 N–H and O–H groups in total. The average Bonchev–Trinajstić information content (AvgIpc) is 2.40. The molecule has 0 aliphatic rings. The Morgan fingerprint density at radius 2 is 1.64 bits per heavy atom. The minimum absolute atomic E-state index is 0.269. The molecule has 22 heavy (non-hydrogen) atoms. The van der Waals surface area contributed by atoms with Crippen LogP contribution in [0, 0.1) is 3.57 Å². The van der Waals surface area contributed by atoms with Crippen LogP contribution in [0.3, 0.4) is 0 Å². The highest BCUT2D eigenvalue weighted by atomic mass is 127. The third kappa shape index (κ3) is 5.68.